The Bertz CT molecular complexity index is 614. The molecule has 0 aliphatic rings. The maximum absolute atomic E-state index is 5.85. The summed E-state index contributed by atoms with van der Waals surface area (Å²) < 4.78 is 11.3. The van der Waals surface area contributed by atoms with E-state index < -0.39 is 0 Å². The van der Waals surface area contributed by atoms with Gasteiger partial charge in [-0.3, -0.25) is 4.98 Å². The van der Waals surface area contributed by atoms with Crippen LogP contribution in [-0.4, -0.2) is 18.7 Å². The van der Waals surface area contributed by atoms with E-state index in [9.17, 15) is 0 Å². The maximum Gasteiger partial charge on any atom is 0.161 e. The molecule has 130 valence electrons. The third kappa shape index (κ3) is 5.53. The van der Waals surface area contributed by atoms with Crippen LogP contribution in [0.3, 0.4) is 0 Å². The van der Waals surface area contributed by atoms with Crippen LogP contribution < -0.4 is 14.8 Å². The van der Waals surface area contributed by atoms with Crippen LogP contribution in [0.25, 0.3) is 0 Å². The minimum Gasteiger partial charge on any atom is -0.493 e. The Labute approximate surface area is 145 Å². The second-order valence-electron chi connectivity index (χ2n) is 6.41. The molecule has 0 radical (unpaired) electrons. The fraction of sp³-hybridized carbons (Fsp3) is 0.450. The molecule has 0 fully saturated rings. The Hall–Kier alpha value is -2.07. The van der Waals surface area contributed by atoms with Gasteiger partial charge in [0, 0.05) is 25.0 Å². The van der Waals surface area contributed by atoms with E-state index in [4.69, 9.17) is 9.47 Å². The van der Waals surface area contributed by atoms with Gasteiger partial charge in [0.2, 0.25) is 0 Å². The highest BCUT2D eigenvalue weighted by Gasteiger charge is 2.11. The van der Waals surface area contributed by atoms with Crippen LogP contribution in [0.5, 0.6) is 11.5 Å². The molecule has 0 aliphatic carbocycles. The summed E-state index contributed by atoms with van der Waals surface area (Å²) in [5.41, 5.74) is 2.34. The van der Waals surface area contributed by atoms with Gasteiger partial charge in [-0.25, -0.2) is 0 Å². The number of methoxy groups -OCH3 is 1. The Morgan fingerprint density at radius 3 is 2.62 bits per heavy atom. The second-order valence-corrected chi connectivity index (χ2v) is 6.41. The molecule has 0 spiro atoms. The zero-order chi connectivity index (χ0) is 17.4. The standard InChI is InChI=1S/C20H28N2O2/c1-15(2)9-11-24-19-8-7-18(12-20(19)23-4)16(3)22-14-17-6-5-10-21-13-17/h5-8,10,12-13,15-16,22H,9,11,14H2,1-4H3. The van der Waals surface area contributed by atoms with Crippen molar-refractivity contribution >= 4 is 0 Å². The molecule has 2 aromatic rings. The van der Waals surface area contributed by atoms with E-state index >= 15 is 0 Å². The number of aromatic nitrogens is 1. The first-order chi connectivity index (χ1) is 11.6. The Kier molecular flexibility index (Phi) is 7.07. The lowest BCUT2D eigenvalue weighted by atomic mass is 10.1. The van der Waals surface area contributed by atoms with Crippen molar-refractivity contribution in [3.05, 3.63) is 53.9 Å². The Morgan fingerprint density at radius 2 is 1.96 bits per heavy atom. The predicted octanol–water partition coefficient (Wildman–Crippen LogP) is 4.37. The van der Waals surface area contributed by atoms with Crippen LogP contribution in [0.1, 0.15) is 44.4 Å². The molecule has 0 saturated heterocycles. The summed E-state index contributed by atoms with van der Waals surface area (Å²) in [6, 6.07) is 10.4. The lowest BCUT2D eigenvalue weighted by molar-refractivity contribution is 0.272. The molecule has 24 heavy (non-hydrogen) atoms. The van der Waals surface area contributed by atoms with Gasteiger partial charge in [-0.05, 0) is 48.6 Å². The lowest BCUT2D eigenvalue weighted by Gasteiger charge is -2.17. The van der Waals surface area contributed by atoms with Gasteiger partial charge in [-0.2, -0.15) is 0 Å². The Morgan fingerprint density at radius 1 is 1.12 bits per heavy atom. The van der Waals surface area contributed by atoms with Gasteiger partial charge in [0.05, 0.1) is 13.7 Å². The number of pyridine rings is 1. The van der Waals surface area contributed by atoms with Crippen LogP contribution >= 0.6 is 0 Å². The average molecular weight is 328 g/mol. The molecule has 1 unspecified atom stereocenters. The van der Waals surface area contributed by atoms with Crippen LogP contribution in [0.4, 0.5) is 0 Å². The predicted molar refractivity (Wildman–Crippen MR) is 97.4 cm³/mol. The quantitative estimate of drug-likeness (QED) is 0.742. The molecule has 1 aromatic heterocycles. The van der Waals surface area contributed by atoms with E-state index in [1.54, 1.807) is 13.3 Å². The largest absolute Gasteiger partial charge is 0.493 e. The molecule has 1 aromatic carbocycles. The fourth-order valence-electron chi connectivity index (χ4n) is 2.37. The summed E-state index contributed by atoms with van der Waals surface area (Å²) in [7, 11) is 1.68. The van der Waals surface area contributed by atoms with E-state index in [0.29, 0.717) is 12.5 Å². The first-order valence-electron chi connectivity index (χ1n) is 8.53. The fourth-order valence-corrected chi connectivity index (χ4v) is 2.37. The molecule has 0 bridgehead atoms. The van der Waals surface area contributed by atoms with Crippen molar-refractivity contribution in [3.8, 4) is 11.5 Å². The zero-order valence-electron chi connectivity index (χ0n) is 15.1. The van der Waals surface area contributed by atoms with E-state index in [2.05, 4.69) is 43.2 Å². The highest BCUT2D eigenvalue weighted by molar-refractivity contribution is 5.43. The molecule has 1 atom stereocenters. The summed E-state index contributed by atoms with van der Waals surface area (Å²) in [5.74, 6) is 2.22. The zero-order valence-corrected chi connectivity index (χ0v) is 15.1. The van der Waals surface area contributed by atoms with Crippen LogP contribution in [0.15, 0.2) is 42.7 Å². The van der Waals surface area contributed by atoms with E-state index in [-0.39, 0.29) is 6.04 Å². The van der Waals surface area contributed by atoms with Crippen molar-refractivity contribution < 1.29 is 9.47 Å². The highest BCUT2D eigenvalue weighted by Crippen LogP contribution is 2.30. The van der Waals surface area contributed by atoms with E-state index in [1.807, 2.05) is 24.4 Å². The highest BCUT2D eigenvalue weighted by atomic mass is 16.5. The molecular weight excluding hydrogens is 300 g/mol. The first-order valence-corrected chi connectivity index (χ1v) is 8.53. The maximum atomic E-state index is 5.85. The third-order valence-corrected chi connectivity index (χ3v) is 3.98. The number of rotatable bonds is 9. The number of hydrogen-bond donors (Lipinski definition) is 1. The second kappa shape index (κ2) is 9.28. The summed E-state index contributed by atoms with van der Waals surface area (Å²) >= 11 is 0. The molecule has 0 amide bonds. The molecule has 1 N–H and O–H groups in total. The summed E-state index contributed by atoms with van der Waals surface area (Å²) in [6.07, 6.45) is 4.70. The van der Waals surface area contributed by atoms with Crippen molar-refractivity contribution in [2.24, 2.45) is 5.92 Å². The normalized spacial score (nSPS) is 12.2. The minimum atomic E-state index is 0.212. The molecular formula is C20H28N2O2. The van der Waals surface area contributed by atoms with Gasteiger partial charge in [-0.1, -0.05) is 26.0 Å². The average Bonchev–Trinajstić information content (AvgIpc) is 2.60. The van der Waals surface area contributed by atoms with Crippen LogP contribution in [0.2, 0.25) is 0 Å². The van der Waals surface area contributed by atoms with Gasteiger partial charge in [0.25, 0.3) is 0 Å². The van der Waals surface area contributed by atoms with Crippen molar-refractivity contribution in [3.63, 3.8) is 0 Å². The van der Waals surface area contributed by atoms with Crippen molar-refractivity contribution in [2.75, 3.05) is 13.7 Å². The molecule has 4 heteroatoms. The number of nitrogens with one attached hydrogen (secondary N) is 1. The van der Waals surface area contributed by atoms with E-state index in [0.717, 1.165) is 24.5 Å². The smallest absolute Gasteiger partial charge is 0.161 e. The minimum absolute atomic E-state index is 0.212. The Balaban J connectivity index is 1.97. The molecule has 4 nitrogen and oxygen atoms in total. The third-order valence-electron chi connectivity index (χ3n) is 3.98. The summed E-state index contributed by atoms with van der Waals surface area (Å²) in [6.45, 7) is 8.02. The molecule has 1 heterocycles. The van der Waals surface area contributed by atoms with Gasteiger partial charge in [0.1, 0.15) is 0 Å². The van der Waals surface area contributed by atoms with Gasteiger partial charge >= 0.3 is 0 Å². The monoisotopic (exact) mass is 328 g/mol. The molecule has 0 saturated carbocycles. The lowest BCUT2D eigenvalue weighted by Crippen LogP contribution is -2.18. The number of benzene rings is 1. The van der Waals surface area contributed by atoms with Gasteiger partial charge in [0.15, 0.2) is 11.5 Å². The topological polar surface area (TPSA) is 43.4 Å². The van der Waals surface area contributed by atoms with E-state index in [1.165, 1.54) is 11.1 Å². The SMILES string of the molecule is COc1cc(C(C)NCc2cccnc2)ccc1OCCC(C)C. The first kappa shape index (κ1) is 18.3. The summed E-state index contributed by atoms with van der Waals surface area (Å²) in [5, 5.41) is 3.51. The van der Waals surface area contributed by atoms with Gasteiger partial charge in [-0.15, -0.1) is 0 Å². The van der Waals surface area contributed by atoms with Crippen molar-refractivity contribution in [2.45, 2.75) is 39.8 Å². The van der Waals surface area contributed by atoms with Gasteiger partial charge < -0.3 is 14.8 Å². The summed E-state index contributed by atoms with van der Waals surface area (Å²) in [4.78, 5) is 4.14. The number of hydrogen-bond acceptors (Lipinski definition) is 4. The number of ether oxygens (including phenoxy) is 2. The molecule has 0 aliphatic heterocycles. The molecule has 2 rings (SSSR count). The number of nitrogens with zero attached hydrogens (tertiary/aromatic N) is 1. The van der Waals surface area contributed by atoms with Crippen LogP contribution in [-0.2, 0) is 6.54 Å². The van der Waals surface area contributed by atoms with Crippen molar-refractivity contribution in [1.29, 1.82) is 0 Å². The van der Waals surface area contributed by atoms with Crippen LogP contribution in [0, 0.1) is 5.92 Å². The van der Waals surface area contributed by atoms with Crippen molar-refractivity contribution in [1.82, 2.24) is 10.3 Å².